The average Bonchev–Trinajstić information content (AvgIpc) is 2.66. The zero-order valence-corrected chi connectivity index (χ0v) is 8.69. The summed E-state index contributed by atoms with van der Waals surface area (Å²) in [5.74, 6) is -0.211. The summed E-state index contributed by atoms with van der Waals surface area (Å²) in [6.07, 6.45) is 1.48. The van der Waals surface area contributed by atoms with Gasteiger partial charge in [0, 0.05) is 6.42 Å². The minimum atomic E-state index is -0.759. The number of para-hydroxylation sites is 1. The zero-order chi connectivity index (χ0) is 10.8. The highest BCUT2D eigenvalue weighted by molar-refractivity contribution is 5.70. The first-order valence-corrected chi connectivity index (χ1v) is 5.15. The lowest BCUT2D eigenvalue weighted by Crippen LogP contribution is -2.12. The standard InChI is InChI=1S/C12H14O3/c1-8(12(13)14)7-10-4-2-3-9-5-6-15-11(9)10/h2-4,8H,5-7H2,1H3,(H,13,14). The first-order chi connectivity index (χ1) is 7.18. The molecule has 0 saturated heterocycles. The predicted molar refractivity (Wildman–Crippen MR) is 56.1 cm³/mol. The summed E-state index contributed by atoms with van der Waals surface area (Å²) >= 11 is 0. The van der Waals surface area contributed by atoms with E-state index in [1.54, 1.807) is 6.92 Å². The summed E-state index contributed by atoms with van der Waals surface area (Å²) in [5.41, 5.74) is 2.21. The first kappa shape index (κ1) is 10.0. The molecule has 0 bridgehead atoms. The lowest BCUT2D eigenvalue weighted by Gasteiger charge is -2.10. The van der Waals surface area contributed by atoms with E-state index in [-0.39, 0.29) is 5.92 Å². The summed E-state index contributed by atoms with van der Waals surface area (Å²) in [5, 5.41) is 8.85. The largest absolute Gasteiger partial charge is 0.493 e. The maximum Gasteiger partial charge on any atom is 0.306 e. The molecule has 3 nitrogen and oxygen atoms in total. The van der Waals surface area contributed by atoms with Gasteiger partial charge in [-0.2, -0.15) is 0 Å². The van der Waals surface area contributed by atoms with Crippen molar-refractivity contribution in [3.05, 3.63) is 29.3 Å². The maximum atomic E-state index is 10.8. The predicted octanol–water partition coefficient (Wildman–Crippen LogP) is 1.88. The first-order valence-electron chi connectivity index (χ1n) is 5.15. The van der Waals surface area contributed by atoms with Gasteiger partial charge in [-0.15, -0.1) is 0 Å². The van der Waals surface area contributed by atoms with Crippen LogP contribution in [0.25, 0.3) is 0 Å². The van der Waals surface area contributed by atoms with Gasteiger partial charge in [0.1, 0.15) is 5.75 Å². The lowest BCUT2D eigenvalue weighted by molar-refractivity contribution is -0.141. The summed E-state index contributed by atoms with van der Waals surface area (Å²) < 4.78 is 5.52. The van der Waals surface area contributed by atoms with Crippen molar-refractivity contribution in [2.45, 2.75) is 19.8 Å². The Morgan fingerprint density at radius 2 is 2.40 bits per heavy atom. The van der Waals surface area contributed by atoms with Gasteiger partial charge >= 0.3 is 5.97 Å². The van der Waals surface area contributed by atoms with E-state index < -0.39 is 5.97 Å². The normalized spacial score (nSPS) is 15.5. The average molecular weight is 206 g/mol. The molecule has 2 rings (SSSR count). The molecule has 1 unspecified atom stereocenters. The van der Waals surface area contributed by atoms with E-state index >= 15 is 0 Å². The van der Waals surface area contributed by atoms with Gasteiger partial charge in [0.15, 0.2) is 0 Å². The van der Waals surface area contributed by atoms with Crippen molar-refractivity contribution >= 4 is 5.97 Å². The fourth-order valence-corrected chi connectivity index (χ4v) is 1.86. The third-order valence-corrected chi connectivity index (χ3v) is 2.74. The van der Waals surface area contributed by atoms with E-state index in [1.165, 1.54) is 5.56 Å². The topological polar surface area (TPSA) is 46.5 Å². The van der Waals surface area contributed by atoms with Crippen LogP contribution < -0.4 is 4.74 Å². The SMILES string of the molecule is CC(Cc1cccc2c1OCC2)C(=O)O. The number of carbonyl (C=O) groups is 1. The van der Waals surface area contributed by atoms with Gasteiger partial charge in [-0.25, -0.2) is 0 Å². The molecule has 80 valence electrons. The van der Waals surface area contributed by atoms with Crippen molar-refractivity contribution in [1.82, 2.24) is 0 Å². The molecule has 0 aromatic heterocycles. The zero-order valence-electron chi connectivity index (χ0n) is 8.69. The number of hydrogen-bond donors (Lipinski definition) is 1. The van der Waals surface area contributed by atoms with E-state index in [4.69, 9.17) is 9.84 Å². The van der Waals surface area contributed by atoms with Gasteiger partial charge < -0.3 is 9.84 Å². The monoisotopic (exact) mass is 206 g/mol. The van der Waals surface area contributed by atoms with E-state index in [0.29, 0.717) is 13.0 Å². The van der Waals surface area contributed by atoms with Crippen LogP contribution in [0, 0.1) is 5.92 Å². The molecule has 1 heterocycles. The number of carboxylic acid groups (broad SMARTS) is 1. The van der Waals surface area contributed by atoms with Gasteiger partial charge in [-0.1, -0.05) is 25.1 Å². The fraction of sp³-hybridized carbons (Fsp3) is 0.417. The number of carboxylic acids is 1. The number of aliphatic carboxylic acids is 1. The number of rotatable bonds is 3. The molecular formula is C12H14O3. The van der Waals surface area contributed by atoms with Crippen molar-refractivity contribution in [2.24, 2.45) is 5.92 Å². The molecule has 0 spiro atoms. The van der Waals surface area contributed by atoms with Crippen LogP contribution in [0.15, 0.2) is 18.2 Å². The summed E-state index contributed by atoms with van der Waals surface area (Å²) in [7, 11) is 0. The van der Waals surface area contributed by atoms with Crippen LogP contribution in [0.2, 0.25) is 0 Å². The third kappa shape index (κ3) is 1.96. The minimum absolute atomic E-state index is 0.360. The van der Waals surface area contributed by atoms with Crippen LogP contribution in [0.1, 0.15) is 18.1 Å². The quantitative estimate of drug-likeness (QED) is 0.821. The van der Waals surface area contributed by atoms with E-state index in [1.807, 2.05) is 18.2 Å². The Balaban J connectivity index is 2.22. The van der Waals surface area contributed by atoms with Gasteiger partial charge in [0.2, 0.25) is 0 Å². The molecule has 1 aliphatic rings. The van der Waals surface area contributed by atoms with Gasteiger partial charge in [0.25, 0.3) is 0 Å². The highest BCUT2D eigenvalue weighted by Gasteiger charge is 2.19. The molecule has 3 heteroatoms. The van der Waals surface area contributed by atoms with Crippen molar-refractivity contribution in [1.29, 1.82) is 0 Å². The van der Waals surface area contributed by atoms with Crippen LogP contribution in [0.3, 0.4) is 0 Å². The number of benzene rings is 1. The third-order valence-electron chi connectivity index (χ3n) is 2.74. The molecule has 0 aliphatic carbocycles. The second-order valence-corrected chi connectivity index (χ2v) is 3.95. The molecule has 0 radical (unpaired) electrons. The Morgan fingerprint density at radius 3 is 3.13 bits per heavy atom. The van der Waals surface area contributed by atoms with Crippen LogP contribution in [-0.2, 0) is 17.6 Å². The van der Waals surface area contributed by atoms with E-state index in [9.17, 15) is 4.79 Å². The molecule has 0 saturated carbocycles. The van der Waals surface area contributed by atoms with E-state index in [2.05, 4.69) is 0 Å². The van der Waals surface area contributed by atoms with Crippen molar-refractivity contribution in [3.63, 3.8) is 0 Å². The number of hydrogen-bond acceptors (Lipinski definition) is 2. The Hall–Kier alpha value is -1.51. The Bertz CT molecular complexity index is 384. The highest BCUT2D eigenvalue weighted by atomic mass is 16.5. The Morgan fingerprint density at radius 1 is 1.60 bits per heavy atom. The van der Waals surface area contributed by atoms with Gasteiger partial charge in [-0.3, -0.25) is 4.79 Å². The number of fused-ring (bicyclic) bond motifs is 1. The van der Waals surface area contributed by atoms with Crippen molar-refractivity contribution in [2.75, 3.05) is 6.61 Å². The summed E-state index contributed by atoms with van der Waals surface area (Å²) in [6.45, 7) is 2.43. The molecule has 1 aromatic carbocycles. The number of ether oxygens (including phenoxy) is 1. The van der Waals surface area contributed by atoms with E-state index in [0.717, 1.165) is 17.7 Å². The fourth-order valence-electron chi connectivity index (χ4n) is 1.86. The van der Waals surface area contributed by atoms with Crippen molar-refractivity contribution in [3.8, 4) is 5.75 Å². The van der Waals surface area contributed by atoms with Gasteiger partial charge in [-0.05, 0) is 17.5 Å². The molecular weight excluding hydrogens is 192 g/mol. The van der Waals surface area contributed by atoms with Gasteiger partial charge in [0.05, 0.1) is 12.5 Å². The van der Waals surface area contributed by atoms with Crippen LogP contribution in [0.5, 0.6) is 5.75 Å². The molecule has 1 aromatic rings. The van der Waals surface area contributed by atoms with Crippen LogP contribution in [-0.4, -0.2) is 17.7 Å². The molecule has 1 aliphatic heterocycles. The van der Waals surface area contributed by atoms with Crippen LogP contribution in [0.4, 0.5) is 0 Å². The highest BCUT2D eigenvalue weighted by Crippen LogP contribution is 2.30. The van der Waals surface area contributed by atoms with Crippen LogP contribution >= 0.6 is 0 Å². The molecule has 0 amide bonds. The molecule has 0 fully saturated rings. The second kappa shape index (κ2) is 3.93. The summed E-state index contributed by atoms with van der Waals surface area (Å²) in [4.78, 5) is 10.8. The Kier molecular flexibility index (Phi) is 2.62. The molecule has 1 N–H and O–H groups in total. The van der Waals surface area contributed by atoms with Crippen molar-refractivity contribution < 1.29 is 14.6 Å². The Labute approximate surface area is 88.7 Å². The molecule has 15 heavy (non-hydrogen) atoms. The second-order valence-electron chi connectivity index (χ2n) is 3.95. The minimum Gasteiger partial charge on any atom is -0.493 e. The smallest absolute Gasteiger partial charge is 0.306 e. The summed E-state index contributed by atoms with van der Waals surface area (Å²) in [6, 6.07) is 5.96. The lowest BCUT2D eigenvalue weighted by atomic mass is 9.98. The maximum absolute atomic E-state index is 10.8. The molecule has 1 atom stereocenters.